The number of hydrogen-bond acceptors (Lipinski definition) is 2. The van der Waals surface area contributed by atoms with Gasteiger partial charge in [0.15, 0.2) is 0 Å². The van der Waals surface area contributed by atoms with Crippen LogP contribution in [0.2, 0.25) is 0 Å². The van der Waals surface area contributed by atoms with Gasteiger partial charge in [0.05, 0.1) is 0 Å². The van der Waals surface area contributed by atoms with Gasteiger partial charge in [-0.05, 0) is 49.1 Å². The summed E-state index contributed by atoms with van der Waals surface area (Å²) >= 11 is 0. The molecule has 0 saturated carbocycles. The zero-order valence-corrected chi connectivity index (χ0v) is 11.8. The van der Waals surface area contributed by atoms with Gasteiger partial charge in [-0.2, -0.15) is 0 Å². The van der Waals surface area contributed by atoms with Crippen molar-refractivity contribution in [1.29, 1.82) is 0 Å². The summed E-state index contributed by atoms with van der Waals surface area (Å²) in [5.41, 5.74) is 2.49. The number of nitrogens with zero attached hydrogens (tertiary/aromatic N) is 1. The number of aromatic carboxylic acids is 1. The van der Waals surface area contributed by atoms with E-state index in [1.54, 1.807) is 20.0 Å². The van der Waals surface area contributed by atoms with Crippen LogP contribution in [-0.2, 0) is 6.42 Å². The molecule has 104 valence electrons. The highest BCUT2D eigenvalue weighted by Gasteiger charge is 2.17. The van der Waals surface area contributed by atoms with E-state index in [1.165, 1.54) is 10.1 Å². The fourth-order valence-corrected chi connectivity index (χ4v) is 2.16. The SMILES string of the molecule is CCc1ccc(-n2cc(C)c(C)c(C(=O)O)c2=O)cc1. The molecule has 20 heavy (non-hydrogen) atoms. The van der Waals surface area contributed by atoms with Gasteiger partial charge < -0.3 is 5.11 Å². The molecule has 0 atom stereocenters. The van der Waals surface area contributed by atoms with Crippen LogP contribution in [-0.4, -0.2) is 15.6 Å². The van der Waals surface area contributed by atoms with E-state index < -0.39 is 11.5 Å². The number of pyridine rings is 1. The van der Waals surface area contributed by atoms with Crippen molar-refractivity contribution in [3.8, 4) is 5.69 Å². The smallest absolute Gasteiger partial charge is 0.341 e. The first-order valence-electron chi connectivity index (χ1n) is 6.51. The molecule has 4 heteroatoms. The molecule has 2 rings (SSSR count). The quantitative estimate of drug-likeness (QED) is 0.933. The minimum atomic E-state index is -1.19. The lowest BCUT2D eigenvalue weighted by molar-refractivity contribution is 0.0693. The van der Waals surface area contributed by atoms with Crippen LogP contribution in [0.5, 0.6) is 0 Å². The topological polar surface area (TPSA) is 59.3 Å². The highest BCUT2D eigenvalue weighted by atomic mass is 16.4. The zero-order chi connectivity index (χ0) is 14.9. The van der Waals surface area contributed by atoms with E-state index in [9.17, 15) is 14.7 Å². The maximum absolute atomic E-state index is 12.3. The molecule has 0 saturated heterocycles. The van der Waals surface area contributed by atoms with E-state index in [0.717, 1.165) is 12.0 Å². The second-order valence-corrected chi connectivity index (χ2v) is 4.81. The number of aryl methyl sites for hydroxylation is 2. The summed E-state index contributed by atoms with van der Waals surface area (Å²) in [6, 6.07) is 7.55. The average molecular weight is 271 g/mol. The van der Waals surface area contributed by atoms with Crippen LogP contribution >= 0.6 is 0 Å². The molecular weight excluding hydrogens is 254 g/mol. The van der Waals surface area contributed by atoms with Crippen LogP contribution in [0, 0.1) is 13.8 Å². The predicted octanol–water partition coefficient (Wildman–Crippen LogP) is 2.71. The van der Waals surface area contributed by atoms with E-state index in [4.69, 9.17) is 0 Å². The molecule has 0 unspecified atom stereocenters. The van der Waals surface area contributed by atoms with Crippen molar-refractivity contribution in [2.45, 2.75) is 27.2 Å². The summed E-state index contributed by atoms with van der Waals surface area (Å²) in [6.45, 7) is 5.52. The first-order valence-corrected chi connectivity index (χ1v) is 6.51. The van der Waals surface area contributed by atoms with E-state index in [0.29, 0.717) is 11.3 Å². The molecule has 1 aromatic carbocycles. The molecule has 1 heterocycles. The van der Waals surface area contributed by atoms with Crippen molar-refractivity contribution in [2.24, 2.45) is 0 Å². The van der Waals surface area contributed by atoms with Crippen LogP contribution in [0.15, 0.2) is 35.3 Å². The minimum Gasteiger partial charge on any atom is -0.477 e. The Bertz CT molecular complexity index is 712. The zero-order valence-electron chi connectivity index (χ0n) is 11.8. The Hall–Kier alpha value is -2.36. The van der Waals surface area contributed by atoms with E-state index in [-0.39, 0.29) is 5.56 Å². The Kier molecular flexibility index (Phi) is 3.74. The molecule has 0 fully saturated rings. The number of carboxylic acids is 1. The van der Waals surface area contributed by atoms with Gasteiger partial charge >= 0.3 is 5.97 Å². The average Bonchev–Trinajstić information content (AvgIpc) is 2.43. The van der Waals surface area contributed by atoms with E-state index >= 15 is 0 Å². The van der Waals surface area contributed by atoms with Crippen molar-refractivity contribution in [3.05, 3.63) is 63.1 Å². The third-order valence-corrected chi connectivity index (χ3v) is 3.56. The standard InChI is InChI=1S/C16H17NO3/c1-4-12-5-7-13(8-6-12)17-9-10(2)11(3)14(15(17)18)16(19)20/h5-9H,4H2,1-3H3,(H,19,20). The second-order valence-electron chi connectivity index (χ2n) is 4.81. The Morgan fingerprint density at radius 3 is 2.30 bits per heavy atom. The molecule has 0 bridgehead atoms. The molecule has 0 spiro atoms. The molecule has 1 aromatic heterocycles. The normalized spacial score (nSPS) is 10.6. The predicted molar refractivity (Wildman–Crippen MR) is 77.9 cm³/mol. The number of benzene rings is 1. The Balaban J connectivity index is 2.68. The number of aromatic nitrogens is 1. The van der Waals surface area contributed by atoms with Gasteiger partial charge in [-0.1, -0.05) is 19.1 Å². The van der Waals surface area contributed by atoms with Crippen molar-refractivity contribution >= 4 is 5.97 Å². The van der Waals surface area contributed by atoms with Crippen molar-refractivity contribution in [1.82, 2.24) is 4.57 Å². The summed E-state index contributed by atoms with van der Waals surface area (Å²) in [5, 5.41) is 9.21. The van der Waals surface area contributed by atoms with E-state index in [1.807, 2.05) is 24.3 Å². The fraction of sp³-hybridized carbons (Fsp3) is 0.250. The van der Waals surface area contributed by atoms with Gasteiger partial charge in [-0.25, -0.2) is 4.79 Å². The third kappa shape index (κ3) is 2.37. The first-order chi connectivity index (χ1) is 9.45. The molecule has 4 nitrogen and oxygen atoms in total. The number of carboxylic acid groups (broad SMARTS) is 1. The van der Waals surface area contributed by atoms with Crippen LogP contribution in [0.4, 0.5) is 0 Å². The van der Waals surface area contributed by atoms with Crippen molar-refractivity contribution in [3.63, 3.8) is 0 Å². The number of hydrogen-bond donors (Lipinski definition) is 1. The Labute approximate surface area is 117 Å². The van der Waals surface area contributed by atoms with Gasteiger partial charge in [0.2, 0.25) is 0 Å². The number of rotatable bonds is 3. The van der Waals surface area contributed by atoms with E-state index in [2.05, 4.69) is 6.92 Å². The Morgan fingerprint density at radius 1 is 1.20 bits per heavy atom. The monoisotopic (exact) mass is 271 g/mol. The summed E-state index contributed by atoms with van der Waals surface area (Å²) < 4.78 is 1.39. The fourth-order valence-electron chi connectivity index (χ4n) is 2.16. The van der Waals surface area contributed by atoms with Crippen LogP contribution in [0.1, 0.15) is 34.0 Å². The maximum Gasteiger partial charge on any atom is 0.341 e. The van der Waals surface area contributed by atoms with Crippen molar-refractivity contribution in [2.75, 3.05) is 0 Å². The first kappa shape index (κ1) is 14.1. The molecule has 0 aliphatic heterocycles. The van der Waals surface area contributed by atoms with Crippen LogP contribution in [0.25, 0.3) is 5.69 Å². The molecular formula is C16H17NO3. The summed E-state index contributed by atoms with van der Waals surface area (Å²) in [5.74, 6) is -1.19. The molecule has 1 N–H and O–H groups in total. The number of carbonyl (C=O) groups is 1. The lowest BCUT2D eigenvalue weighted by Crippen LogP contribution is -2.27. The van der Waals surface area contributed by atoms with Crippen LogP contribution < -0.4 is 5.56 Å². The molecule has 0 amide bonds. The summed E-state index contributed by atoms with van der Waals surface area (Å²) in [7, 11) is 0. The third-order valence-electron chi connectivity index (χ3n) is 3.56. The molecule has 0 aliphatic rings. The van der Waals surface area contributed by atoms with Gasteiger partial charge in [-0.3, -0.25) is 9.36 Å². The summed E-state index contributed by atoms with van der Waals surface area (Å²) in [6.07, 6.45) is 2.60. The Morgan fingerprint density at radius 2 is 1.80 bits per heavy atom. The van der Waals surface area contributed by atoms with Gasteiger partial charge in [0, 0.05) is 11.9 Å². The lowest BCUT2D eigenvalue weighted by Gasteiger charge is -2.12. The van der Waals surface area contributed by atoms with Crippen molar-refractivity contribution < 1.29 is 9.90 Å². The largest absolute Gasteiger partial charge is 0.477 e. The van der Waals surface area contributed by atoms with Gasteiger partial charge in [0.1, 0.15) is 5.56 Å². The lowest BCUT2D eigenvalue weighted by atomic mass is 10.1. The molecule has 2 aromatic rings. The molecule has 0 aliphatic carbocycles. The highest BCUT2D eigenvalue weighted by molar-refractivity contribution is 5.89. The maximum atomic E-state index is 12.3. The van der Waals surface area contributed by atoms with Gasteiger partial charge in [-0.15, -0.1) is 0 Å². The highest BCUT2D eigenvalue weighted by Crippen LogP contribution is 2.14. The van der Waals surface area contributed by atoms with Gasteiger partial charge in [0.25, 0.3) is 5.56 Å². The molecule has 0 radical (unpaired) electrons. The second kappa shape index (κ2) is 5.33. The summed E-state index contributed by atoms with van der Waals surface area (Å²) in [4.78, 5) is 23.6. The van der Waals surface area contributed by atoms with Crippen LogP contribution in [0.3, 0.4) is 0 Å². The minimum absolute atomic E-state index is 0.162.